The molecular weight excluding hydrogens is 300 g/mol. The van der Waals surface area contributed by atoms with Gasteiger partial charge < -0.3 is 0 Å². The summed E-state index contributed by atoms with van der Waals surface area (Å²) in [5.41, 5.74) is -0.361. The standard InChI is InChI=1S/C13H13F2N3O2S/c1-2-13-16-6-9(7-17-13)18-21(19,20)8-10-11(14)4-3-5-12(10)15/h3-7,18H,2,8H2,1H3. The maximum atomic E-state index is 13.5. The highest BCUT2D eigenvalue weighted by atomic mass is 32.2. The predicted octanol–water partition coefficient (Wildman–Crippen LogP) is 2.26. The average molecular weight is 313 g/mol. The summed E-state index contributed by atoms with van der Waals surface area (Å²) in [4.78, 5) is 7.87. The Morgan fingerprint density at radius 2 is 1.71 bits per heavy atom. The van der Waals surface area contributed by atoms with Crippen LogP contribution in [0, 0.1) is 11.6 Å². The summed E-state index contributed by atoms with van der Waals surface area (Å²) in [7, 11) is -3.96. The van der Waals surface area contributed by atoms with Crippen molar-refractivity contribution in [2.75, 3.05) is 4.72 Å². The number of rotatable bonds is 5. The molecule has 0 saturated heterocycles. The Labute approximate surface area is 121 Å². The minimum absolute atomic E-state index is 0.143. The number of halogens is 2. The van der Waals surface area contributed by atoms with E-state index in [9.17, 15) is 17.2 Å². The van der Waals surface area contributed by atoms with Gasteiger partial charge in [0.15, 0.2) is 0 Å². The van der Waals surface area contributed by atoms with Crippen molar-refractivity contribution in [2.24, 2.45) is 0 Å². The zero-order chi connectivity index (χ0) is 15.5. The molecule has 1 aromatic heterocycles. The second kappa shape index (κ2) is 6.13. The number of nitrogens with one attached hydrogen (secondary N) is 1. The van der Waals surface area contributed by atoms with E-state index in [1.807, 2.05) is 6.92 Å². The molecule has 0 aliphatic heterocycles. The molecule has 8 heteroatoms. The Morgan fingerprint density at radius 3 is 2.24 bits per heavy atom. The summed E-state index contributed by atoms with van der Waals surface area (Å²) in [5, 5.41) is 0. The number of aryl methyl sites for hydroxylation is 1. The molecule has 0 atom stereocenters. The molecule has 1 N–H and O–H groups in total. The van der Waals surface area contributed by atoms with E-state index in [0.29, 0.717) is 12.2 Å². The van der Waals surface area contributed by atoms with Crippen molar-refractivity contribution in [3.63, 3.8) is 0 Å². The lowest BCUT2D eigenvalue weighted by molar-refractivity contribution is 0.557. The summed E-state index contributed by atoms with van der Waals surface area (Å²) in [6, 6.07) is 3.19. The van der Waals surface area contributed by atoms with Gasteiger partial charge in [0.05, 0.1) is 18.1 Å². The van der Waals surface area contributed by atoms with Gasteiger partial charge >= 0.3 is 0 Å². The van der Waals surface area contributed by atoms with E-state index >= 15 is 0 Å². The average Bonchev–Trinajstić information content (AvgIpc) is 2.43. The van der Waals surface area contributed by atoms with Gasteiger partial charge in [0.25, 0.3) is 0 Å². The van der Waals surface area contributed by atoms with Gasteiger partial charge in [-0.05, 0) is 12.1 Å². The largest absolute Gasteiger partial charge is 0.280 e. The third kappa shape index (κ3) is 3.94. The fourth-order valence-electron chi connectivity index (χ4n) is 1.67. The Bertz CT molecular complexity index is 713. The number of hydrogen-bond acceptors (Lipinski definition) is 4. The molecule has 1 heterocycles. The molecule has 5 nitrogen and oxygen atoms in total. The topological polar surface area (TPSA) is 72.0 Å². The number of nitrogens with zero attached hydrogens (tertiary/aromatic N) is 2. The first-order valence-electron chi connectivity index (χ1n) is 6.15. The Balaban J connectivity index is 2.18. The predicted molar refractivity (Wildman–Crippen MR) is 74.0 cm³/mol. The van der Waals surface area contributed by atoms with Gasteiger partial charge in [-0.2, -0.15) is 0 Å². The van der Waals surface area contributed by atoms with Gasteiger partial charge in [-0.25, -0.2) is 27.2 Å². The third-order valence-electron chi connectivity index (χ3n) is 2.69. The monoisotopic (exact) mass is 313 g/mol. The fraction of sp³-hybridized carbons (Fsp3) is 0.231. The van der Waals surface area contributed by atoms with Gasteiger partial charge in [0, 0.05) is 12.0 Å². The molecule has 0 saturated carbocycles. The quantitative estimate of drug-likeness (QED) is 0.919. The van der Waals surface area contributed by atoms with E-state index in [-0.39, 0.29) is 5.69 Å². The Hall–Kier alpha value is -2.09. The summed E-state index contributed by atoms with van der Waals surface area (Å²) in [5.74, 6) is -2.05. The lowest BCUT2D eigenvalue weighted by atomic mass is 10.2. The minimum Gasteiger partial charge on any atom is -0.280 e. The van der Waals surface area contributed by atoms with E-state index in [4.69, 9.17) is 0 Å². The Morgan fingerprint density at radius 1 is 1.14 bits per heavy atom. The second-order valence-corrected chi connectivity index (χ2v) is 6.03. The molecule has 0 fully saturated rings. The van der Waals surface area contributed by atoms with E-state index in [1.54, 1.807) is 0 Å². The minimum atomic E-state index is -3.96. The van der Waals surface area contributed by atoms with Crippen LogP contribution in [0.2, 0.25) is 0 Å². The van der Waals surface area contributed by atoms with Gasteiger partial charge in [-0.1, -0.05) is 13.0 Å². The van der Waals surface area contributed by atoms with Gasteiger partial charge in [-0.15, -0.1) is 0 Å². The highest BCUT2D eigenvalue weighted by Crippen LogP contribution is 2.17. The first kappa shape index (κ1) is 15.3. The van der Waals surface area contributed by atoms with Crippen molar-refractivity contribution in [1.82, 2.24) is 9.97 Å². The summed E-state index contributed by atoms with van der Waals surface area (Å²) in [6.07, 6.45) is 3.23. The van der Waals surface area contributed by atoms with Crippen LogP contribution >= 0.6 is 0 Å². The number of hydrogen-bond donors (Lipinski definition) is 1. The molecule has 2 aromatic rings. The molecule has 0 spiro atoms. The van der Waals surface area contributed by atoms with Crippen molar-refractivity contribution in [1.29, 1.82) is 0 Å². The highest BCUT2D eigenvalue weighted by Gasteiger charge is 2.18. The molecule has 0 aliphatic rings. The highest BCUT2D eigenvalue weighted by molar-refractivity contribution is 7.91. The van der Waals surface area contributed by atoms with Gasteiger partial charge in [0.1, 0.15) is 23.2 Å². The van der Waals surface area contributed by atoms with Crippen LogP contribution in [-0.2, 0) is 22.2 Å². The van der Waals surface area contributed by atoms with Crippen molar-refractivity contribution >= 4 is 15.7 Å². The van der Waals surface area contributed by atoms with Crippen LogP contribution in [0.25, 0.3) is 0 Å². The van der Waals surface area contributed by atoms with Crippen LogP contribution < -0.4 is 4.72 Å². The zero-order valence-electron chi connectivity index (χ0n) is 11.2. The first-order valence-corrected chi connectivity index (χ1v) is 7.81. The molecule has 0 amide bonds. The maximum Gasteiger partial charge on any atom is 0.237 e. The van der Waals surface area contributed by atoms with Crippen LogP contribution in [0.1, 0.15) is 18.3 Å². The molecule has 0 bridgehead atoms. The SMILES string of the molecule is CCc1ncc(NS(=O)(=O)Cc2c(F)cccc2F)cn1. The van der Waals surface area contributed by atoms with Gasteiger partial charge in [-0.3, -0.25) is 4.72 Å². The normalized spacial score (nSPS) is 11.4. The van der Waals surface area contributed by atoms with E-state index in [1.165, 1.54) is 18.5 Å². The summed E-state index contributed by atoms with van der Waals surface area (Å²) >= 11 is 0. The van der Waals surface area contributed by atoms with Crippen molar-refractivity contribution in [3.05, 3.63) is 53.6 Å². The number of sulfonamides is 1. The zero-order valence-corrected chi connectivity index (χ0v) is 12.0. The van der Waals surface area contributed by atoms with Crippen molar-refractivity contribution in [3.8, 4) is 0 Å². The smallest absolute Gasteiger partial charge is 0.237 e. The van der Waals surface area contributed by atoms with Crippen LogP contribution in [0.4, 0.5) is 14.5 Å². The molecule has 0 aliphatic carbocycles. The molecule has 2 rings (SSSR count). The van der Waals surface area contributed by atoms with E-state index in [2.05, 4.69) is 14.7 Å². The van der Waals surface area contributed by atoms with Crippen molar-refractivity contribution in [2.45, 2.75) is 19.1 Å². The number of benzene rings is 1. The fourth-order valence-corrected chi connectivity index (χ4v) is 2.86. The number of aromatic nitrogens is 2. The van der Waals surface area contributed by atoms with Crippen LogP contribution in [0.5, 0.6) is 0 Å². The van der Waals surface area contributed by atoms with Crippen LogP contribution in [0.15, 0.2) is 30.6 Å². The molecule has 1 aromatic carbocycles. The number of anilines is 1. The first-order chi connectivity index (χ1) is 9.91. The summed E-state index contributed by atoms with van der Waals surface area (Å²) in [6.45, 7) is 1.86. The van der Waals surface area contributed by atoms with E-state index < -0.39 is 33.0 Å². The van der Waals surface area contributed by atoms with Crippen LogP contribution in [0.3, 0.4) is 0 Å². The lowest BCUT2D eigenvalue weighted by Gasteiger charge is -2.09. The summed E-state index contributed by atoms with van der Waals surface area (Å²) < 4.78 is 53.0. The molecule has 0 radical (unpaired) electrons. The molecule has 112 valence electrons. The second-order valence-electron chi connectivity index (χ2n) is 4.30. The Kier molecular flexibility index (Phi) is 4.46. The lowest BCUT2D eigenvalue weighted by Crippen LogP contribution is -2.17. The molecular formula is C13H13F2N3O2S. The molecule has 21 heavy (non-hydrogen) atoms. The molecule has 0 unspecified atom stereocenters. The van der Waals surface area contributed by atoms with Gasteiger partial charge in [0.2, 0.25) is 10.0 Å². The van der Waals surface area contributed by atoms with Crippen LogP contribution in [-0.4, -0.2) is 18.4 Å². The maximum absolute atomic E-state index is 13.5. The van der Waals surface area contributed by atoms with Crippen molar-refractivity contribution < 1.29 is 17.2 Å². The van der Waals surface area contributed by atoms with E-state index in [0.717, 1.165) is 12.1 Å². The third-order valence-corrected chi connectivity index (χ3v) is 3.91.